The van der Waals surface area contributed by atoms with Gasteiger partial charge in [-0.3, -0.25) is 9.59 Å². The molecule has 0 fully saturated rings. The van der Waals surface area contributed by atoms with Crippen LogP contribution in [0.15, 0.2) is 71.3 Å². The van der Waals surface area contributed by atoms with Gasteiger partial charge in [-0.05, 0) is 48.9 Å². The molecule has 0 aliphatic carbocycles. The zero-order chi connectivity index (χ0) is 25.3. The second-order valence-electron chi connectivity index (χ2n) is 8.02. The second-order valence-corrected chi connectivity index (χ2v) is 8.02. The van der Waals surface area contributed by atoms with Gasteiger partial charge >= 0.3 is 0 Å². The van der Waals surface area contributed by atoms with E-state index in [-0.39, 0.29) is 38.1 Å². The third-order valence-electron chi connectivity index (χ3n) is 5.65. The maximum atomic E-state index is 13.6. The van der Waals surface area contributed by atoms with Crippen LogP contribution >= 0.6 is 0 Å². The Labute approximate surface area is 208 Å². The van der Waals surface area contributed by atoms with Crippen LogP contribution in [0.2, 0.25) is 0 Å². The van der Waals surface area contributed by atoms with Gasteiger partial charge in [0.1, 0.15) is 29.6 Å². The van der Waals surface area contributed by atoms with Gasteiger partial charge < -0.3 is 24.1 Å². The first-order chi connectivity index (χ1) is 17.6. The minimum absolute atomic E-state index is 0.0801. The molecule has 188 valence electrons. The van der Waals surface area contributed by atoms with Crippen molar-refractivity contribution in [1.29, 1.82) is 0 Å². The Morgan fingerprint density at radius 1 is 1.11 bits per heavy atom. The molecule has 1 atom stereocenters. The lowest BCUT2D eigenvalue weighted by atomic mass is 10.0. The van der Waals surface area contributed by atoms with Gasteiger partial charge in [0.25, 0.3) is 0 Å². The molecule has 0 spiro atoms. The van der Waals surface area contributed by atoms with E-state index >= 15 is 0 Å². The van der Waals surface area contributed by atoms with E-state index in [9.17, 15) is 9.59 Å². The number of fused-ring (bicyclic) bond motifs is 1. The fourth-order valence-corrected chi connectivity index (χ4v) is 3.91. The topological polar surface area (TPSA) is 112 Å². The molecule has 10 heteroatoms. The van der Waals surface area contributed by atoms with Gasteiger partial charge in [0.05, 0.1) is 31.5 Å². The summed E-state index contributed by atoms with van der Waals surface area (Å²) in [6.45, 7) is 2.99. The molecule has 0 saturated carbocycles. The first kappa shape index (κ1) is 24.9. The van der Waals surface area contributed by atoms with Gasteiger partial charge in [-0.1, -0.05) is 29.5 Å². The zero-order valence-corrected chi connectivity index (χ0v) is 20.3. The summed E-state index contributed by atoms with van der Waals surface area (Å²) < 4.78 is 17.7. The average molecular weight is 492 g/mol. The van der Waals surface area contributed by atoms with Crippen molar-refractivity contribution < 1.29 is 23.5 Å². The number of nitrogens with zero attached hydrogens (tertiary/aromatic N) is 4. The van der Waals surface area contributed by atoms with Crippen molar-refractivity contribution in [3.63, 3.8) is 0 Å². The number of hydrogen-bond acceptors (Lipinski definition) is 7. The molecule has 1 N–H and O–H groups in total. The molecule has 0 bridgehead atoms. The van der Waals surface area contributed by atoms with Crippen LogP contribution in [0.3, 0.4) is 0 Å². The number of ether oxygens (including phenoxy) is 2. The van der Waals surface area contributed by atoms with Crippen LogP contribution in [-0.2, 0) is 27.4 Å². The highest BCUT2D eigenvalue weighted by molar-refractivity contribution is 5.89. The maximum absolute atomic E-state index is 13.6. The van der Waals surface area contributed by atoms with Gasteiger partial charge in [0, 0.05) is 13.7 Å². The van der Waals surface area contributed by atoms with Crippen molar-refractivity contribution in [1.82, 2.24) is 25.2 Å². The highest BCUT2D eigenvalue weighted by Gasteiger charge is 2.32. The Morgan fingerprint density at radius 3 is 2.64 bits per heavy atom. The quantitative estimate of drug-likeness (QED) is 0.324. The number of benzene rings is 2. The third-order valence-corrected chi connectivity index (χ3v) is 5.65. The average Bonchev–Trinajstić information content (AvgIpc) is 3.56. The zero-order valence-electron chi connectivity index (χ0n) is 20.3. The molecule has 0 saturated heterocycles. The van der Waals surface area contributed by atoms with E-state index in [1.54, 1.807) is 49.8 Å². The molecule has 0 aliphatic rings. The Hall–Kier alpha value is -4.18. The molecule has 4 rings (SSSR count). The third kappa shape index (κ3) is 5.89. The van der Waals surface area contributed by atoms with Crippen molar-refractivity contribution in [3.05, 3.63) is 78.3 Å². The standard InChI is InChI=1S/C26H29N5O5/c1-3-35-20-12-10-19(11-13-20)25(26(33)27-17-21-7-6-15-36-21)30(14-16-34-2)24(32)18-31-23-9-5-4-8-22(23)28-29-31/h4-13,15,25H,3,14,16-18H2,1-2H3,(H,27,33). The van der Waals surface area contributed by atoms with Crippen molar-refractivity contribution in [2.45, 2.75) is 26.1 Å². The van der Waals surface area contributed by atoms with E-state index in [4.69, 9.17) is 13.9 Å². The van der Waals surface area contributed by atoms with Crippen LogP contribution in [0.4, 0.5) is 0 Å². The summed E-state index contributed by atoms with van der Waals surface area (Å²) in [4.78, 5) is 28.7. The van der Waals surface area contributed by atoms with Gasteiger partial charge in [-0.25, -0.2) is 4.68 Å². The van der Waals surface area contributed by atoms with E-state index in [1.165, 1.54) is 9.58 Å². The Balaban J connectivity index is 1.64. The fourth-order valence-electron chi connectivity index (χ4n) is 3.91. The molecular formula is C26H29N5O5. The van der Waals surface area contributed by atoms with Crippen LogP contribution < -0.4 is 10.1 Å². The molecule has 2 amide bonds. The SMILES string of the molecule is CCOc1ccc(C(C(=O)NCc2ccco2)N(CCOC)C(=O)Cn2nnc3ccccc32)cc1. The van der Waals surface area contributed by atoms with Gasteiger partial charge in [-0.15, -0.1) is 5.10 Å². The van der Waals surface area contributed by atoms with Crippen LogP contribution in [0.1, 0.15) is 24.3 Å². The predicted molar refractivity (Wildman–Crippen MR) is 132 cm³/mol. The molecule has 0 aliphatic heterocycles. The first-order valence-electron chi connectivity index (χ1n) is 11.7. The summed E-state index contributed by atoms with van der Waals surface area (Å²) in [6.07, 6.45) is 1.54. The Bertz CT molecular complexity index is 1270. The minimum atomic E-state index is -0.909. The summed E-state index contributed by atoms with van der Waals surface area (Å²) in [5.74, 6) is 0.649. The molecule has 4 aromatic rings. The highest BCUT2D eigenvalue weighted by atomic mass is 16.5. The number of methoxy groups -OCH3 is 1. The number of rotatable bonds is 12. The maximum Gasteiger partial charge on any atom is 0.247 e. The van der Waals surface area contributed by atoms with Gasteiger partial charge in [-0.2, -0.15) is 0 Å². The first-order valence-corrected chi connectivity index (χ1v) is 11.7. The van der Waals surface area contributed by atoms with Crippen molar-refractivity contribution in [2.75, 3.05) is 26.9 Å². The van der Waals surface area contributed by atoms with E-state index in [0.717, 1.165) is 5.52 Å². The van der Waals surface area contributed by atoms with E-state index in [0.29, 0.717) is 29.2 Å². The van der Waals surface area contributed by atoms with Crippen molar-refractivity contribution in [2.24, 2.45) is 0 Å². The number of furan rings is 1. The summed E-state index contributed by atoms with van der Waals surface area (Å²) >= 11 is 0. The smallest absolute Gasteiger partial charge is 0.247 e. The minimum Gasteiger partial charge on any atom is -0.494 e. The lowest BCUT2D eigenvalue weighted by Crippen LogP contribution is -2.46. The molecule has 10 nitrogen and oxygen atoms in total. The van der Waals surface area contributed by atoms with Gasteiger partial charge in [0.15, 0.2) is 0 Å². The Morgan fingerprint density at radius 2 is 1.92 bits per heavy atom. The van der Waals surface area contributed by atoms with Crippen LogP contribution in [0, 0.1) is 0 Å². The molecule has 2 heterocycles. The second kappa shape index (κ2) is 12.0. The number of carbonyl (C=O) groups excluding carboxylic acids is 2. The lowest BCUT2D eigenvalue weighted by Gasteiger charge is -2.31. The summed E-state index contributed by atoms with van der Waals surface area (Å²) in [5, 5.41) is 11.2. The number of nitrogens with one attached hydrogen (secondary N) is 1. The normalized spacial score (nSPS) is 11.8. The molecule has 36 heavy (non-hydrogen) atoms. The van der Waals surface area contributed by atoms with E-state index in [1.807, 2.05) is 31.2 Å². The summed E-state index contributed by atoms with van der Waals surface area (Å²) in [6, 6.07) is 17.2. The molecular weight excluding hydrogens is 462 g/mol. The van der Waals surface area contributed by atoms with Crippen LogP contribution in [0.5, 0.6) is 5.75 Å². The van der Waals surface area contributed by atoms with Crippen LogP contribution in [0.25, 0.3) is 11.0 Å². The summed E-state index contributed by atoms with van der Waals surface area (Å²) in [7, 11) is 1.55. The number of amides is 2. The molecule has 2 aromatic carbocycles. The molecule has 1 unspecified atom stereocenters. The molecule has 2 aromatic heterocycles. The molecule has 0 radical (unpaired) electrons. The number of para-hydroxylation sites is 1. The summed E-state index contributed by atoms with van der Waals surface area (Å²) in [5.41, 5.74) is 2.06. The number of carbonyl (C=O) groups is 2. The number of aromatic nitrogens is 3. The fraction of sp³-hybridized carbons (Fsp3) is 0.308. The highest BCUT2D eigenvalue weighted by Crippen LogP contribution is 2.25. The van der Waals surface area contributed by atoms with Gasteiger partial charge in [0.2, 0.25) is 11.8 Å². The number of hydrogen-bond donors (Lipinski definition) is 1. The van der Waals surface area contributed by atoms with E-state index < -0.39 is 6.04 Å². The monoisotopic (exact) mass is 491 g/mol. The lowest BCUT2D eigenvalue weighted by molar-refractivity contribution is -0.142. The largest absolute Gasteiger partial charge is 0.494 e. The predicted octanol–water partition coefficient (Wildman–Crippen LogP) is 2.96. The Kier molecular flexibility index (Phi) is 8.30. The van der Waals surface area contributed by atoms with Crippen LogP contribution in [-0.4, -0.2) is 58.6 Å². The van der Waals surface area contributed by atoms with Crippen molar-refractivity contribution >= 4 is 22.8 Å². The van der Waals surface area contributed by atoms with Crippen molar-refractivity contribution in [3.8, 4) is 5.75 Å². The van der Waals surface area contributed by atoms with E-state index in [2.05, 4.69) is 15.6 Å².